The summed E-state index contributed by atoms with van der Waals surface area (Å²) in [4.78, 5) is 12.2. The number of halogens is 1. The second-order valence-electron chi connectivity index (χ2n) is 7.27. The lowest BCUT2D eigenvalue weighted by Gasteiger charge is -2.54. The van der Waals surface area contributed by atoms with Gasteiger partial charge in [-0.1, -0.05) is 22.0 Å². The summed E-state index contributed by atoms with van der Waals surface area (Å²) in [5.41, 5.74) is 0. The molecule has 3 nitrogen and oxygen atoms in total. The second kappa shape index (κ2) is 5.88. The van der Waals surface area contributed by atoms with Gasteiger partial charge in [0.05, 0.1) is 0 Å². The van der Waals surface area contributed by atoms with Crippen molar-refractivity contribution in [2.75, 3.05) is 6.61 Å². The Labute approximate surface area is 139 Å². The lowest BCUT2D eigenvalue weighted by molar-refractivity contribution is -0.127. The Hall–Kier alpha value is -1.03. The molecule has 0 aromatic heterocycles. The zero-order chi connectivity index (χ0) is 15.1. The molecule has 4 aliphatic carbocycles. The molecule has 0 aliphatic heterocycles. The first-order valence-corrected chi connectivity index (χ1v) is 9.14. The van der Waals surface area contributed by atoms with Crippen LogP contribution in [0.5, 0.6) is 5.75 Å². The van der Waals surface area contributed by atoms with E-state index in [1.807, 2.05) is 24.3 Å². The van der Waals surface area contributed by atoms with Crippen molar-refractivity contribution in [2.45, 2.75) is 38.1 Å². The van der Waals surface area contributed by atoms with Crippen LogP contribution in [0.1, 0.15) is 32.1 Å². The summed E-state index contributed by atoms with van der Waals surface area (Å²) in [5.74, 6) is 4.06. The number of carbonyl (C=O) groups excluding carboxylic acids is 1. The summed E-state index contributed by atoms with van der Waals surface area (Å²) < 4.78 is 6.56. The Kier molecular flexibility index (Phi) is 3.89. The van der Waals surface area contributed by atoms with E-state index < -0.39 is 0 Å². The van der Waals surface area contributed by atoms with Gasteiger partial charge in [0, 0.05) is 10.5 Å². The van der Waals surface area contributed by atoms with Crippen molar-refractivity contribution in [1.82, 2.24) is 5.32 Å². The second-order valence-corrected chi connectivity index (χ2v) is 8.19. The molecule has 1 aromatic rings. The van der Waals surface area contributed by atoms with Gasteiger partial charge in [-0.15, -0.1) is 0 Å². The maximum absolute atomic E-state index is 12.2. The lowest BCUT2D eigenvalue weighted by atomic mass is 9.54. The molecule has 4 aliphatic rings. The summed E-state index contributed by atoms with van der Waals surface area (Å²) in [6.45, 7) is 0.110. The van der Waals surface area contributed by atoms with E-state index in [1.54, 1.807) is 0 Å². The molecule has 1 N–H and O–H groups in total. The molecule has 0 unspecified atom stereocenters. The van der Waals surface area contributed by atoms with Crippen LogP contribution in [0.2, 0.25) is 0 Å². The molecule has 1 amide bonds. The van der Waals surface area contributed by atoms with E-state index >= 15 is 0 Å². The number of amides is 1. The third kappa shape index (κ3) is 2.90. The molecular formula is C18H22BrNO2. The summed E-state index contributed by atoms with van der Waals surface area (Å²) in [6, 6.07) is 8.01. The summed E-state index contributed by atoms with van der Waals surface area (Å²) in [5, 5.41) is 3.27. The van der Waals surface area contributed by atoms with E-state index in [2.05, 4.69) is 21.2 Å². The van der Waals surface area contributed by atoms with E-state index in [1.165, 1.54) is 32.1 Å². The van der Waals surface area contributed by atoms with Gasteiger partial charge >= 0.3 is 0 Å². The van der Waals surface area contributed by atoms with E-state index in [-0.39, 0.29) is 12.5 Å². The van der Waals surface area contributed by atoms with Gasteiger partial charge in [-0.3, -0.25) is 4.79 Å². The predicted molar refractivity (Wildman–Crippen MR) is 88.6 cm³/mol. The van der Waals surface area contributed by atoms with Crippen molar-refractivity contribution in [3.05, 3.63) is 28.7 Å². The number of nitrogens with one attached hydrogen (secondary N) is 1. The van der Waals surface area contributed by atoms with Crippen LogP contribution in [0.25, 0.3) is 0 Å². The molecule has 4 heteroatoms. The molecule has 1 aromatic carbocycles. The number of rotatable bonds is 4. The maximum Gasteiger partial charge on any atom is 0.258 e. The molecule has 22 heavy (non-hydrogen) atoms. The molecule has 0 spiro atoms. The average Bonchev–Trinajstić information content (AvgIpc) is 2.48. The van der Waals surface area contributed by atoms with E-state index in [9.17, 15) is 4.79 Å². The first-order valence-electron chi connectivity index (χ1n) is 8.35. The van der Waals surface area contributed by atoms with Crippen LogP contribution >= 0.6 is 15.9 Å². The van der Waals surface area contributed by atoms with Crippen LogP contribution in [-0.4, -0.2) is 18.6 Å². The van der Waals surface area contributed by atoms with Gasteiger partial charge in [-0.25, -0.2) is 0 Å². The molecular weight excluding hydrogens is 342 g/mol. The SMILES string of the molecule is O=C(COc1cccc(Br)c1)NC1C2CC3CC(C2)CC1C3. The zero-order valence-electron chi connectivity index (χ0n) is 12.6. The molecule has 0 heterocycles. The number of ether oxygens (including phenoxy) is 1. The number of hydrogen-bond acceptors (Lipinski definition) is 2. The smallest absolute Gasteiger partial charge is 0.258 e. The quantitative estimate of drug-likeness (QED) is 0.883. The van der Waals surface area contributed by atoms with E-state index in [4.69, 9.17) is 4.74 Å². The van der Waals surface area contributed by atoms with Gasteiger partial charge in [0.1, 0.15) is 5.75 Å². The Morgan fingerprint density at radius 3 is 2.45 bits per heavy atom. The van der Waals surface area contributed by atoms with Gasteiger partial charge in [-0.05, 0) is 74.0 Å². The highest BCUT2D eigenvalue weighted by atomic mass is 79.9. The third-order valence-electron chi connectivity index (χ3n) is 5.72. The fourth-order valence-corrected chi connectivity index (χ4v) is 5.47. The Bertz CT molecular complexity index is 546. The van der Waals surface area contributed by atoms with Crippen molar-refractivity contribution in [1.29, 1.82) is 0 Å². The molecule has 0 radical (unpaired) electrons. The molecule has 4 bridgehead atoms. The van der Waals surface area contributed by atoms with Gasteiger partial charge in [0.15, 0.2) is 6.61 Å². The topological polar surface area (TPSA) is 38.3 Å². The minimum atomic E-state index is 0.0254. The Morgan fingerprint density at radius 2 is 1.82 bits per heavy atom. The summed E-state index contributed by atoms with van der Waals surface area (Å²) in [7, 11) is 0. The third-order valence-corrected chi connectivity index (χ3v) is 6.21. The van der Waals surface area contributed by atoms with Crippen LogP contribution in [0.4, 0.5) is 0 Å². The van der Waals surface area contributed by atoms with Crippen molar-refractivity contribution in [2.24, 2.45) is 23.7 Å². The van der Waals surface area contributed by atoms with E-state index in [0.717, 1.165) is 22.1 Å². The number of benzene rings is 1. The largest absolute Gasteiger partial charge is 0.484 e. The minimum Gasteiger partial charge on any atom is -0.484 e. The minimum absolute atomic E-state index is 0.0254. The molecule has 118 valence electrons. The number of carbonyl (C=O) groups is 1. The summed E-state index contributed by atoms with van der Waals surface area (Å²) in [6.07, 6.45) is 6.74. The van der Waals surface area contributed by atoms with Crippen molar-refractivity contribution >= 4 is 21.8 Å². The molecule has 5 rings (SSSR count). The van der Waals surface area contributed by atoms with Crippen LogP contribution in [0.15, 0.2) is 28.7 Å². The lowest BCUT2D eigenvalue weighted by Crippen LogP contribution is -2.56. The van der Waals surface area contributed by atoms with Crippen LogP contribution in [-0.2, 0) is 4.79 Å². The van der Waals surface area contributed by atoms with Crippen LogP contribution in [0, 0.1) is 23.7 Å². The standard InChI is InChI=1S/C18H22BrNO2/c19-15-2-1-3-16(9-15)22-10-17(21)20-18-13-5-11-4-12(7-13)8-14(18)6-11/h1-3,9,11-14,18H,4-8,10H2,(H,20,21). The van der Waals surface area contributed by atoms with Gasteiger partial charge in [0.25, 0.3) is 5.91 Å². The normalized spacial score (nSPS) is 35.4. The molecule has 0 saturated heterocycles. The van der Waals surface area contributed by atoms with Crippen molar-refractivity contribution < 1.29 is 9.53 Å². The van der Waals surface area contributed by atoms with E-state index in [0.29, 0.717) is 17.9 Å². The van der Waals surface area contributed by atoms with Crippen molar-refractivity contribution in [3.8, 4) is 5.75 Å². The fourth-order valence-electron chi connectivity index (χ4n) is 5.09. The zero-order valence-corrected chi connectivity index (χ0v) is 14.2. The molecule has 4 saturated carbocycles. The van der Waals surface area contributed by atoms with Crippen LogP contribution < -0.4 is 10.1 Å². The highest BCUT2D eigenvalue weighted by Crippen LogP contribution is 2.53. The van der Waals surface area contributed by atoms with Crippen molar-refractivity contribution in [3.63, 3.8) is 0 Å². The van der Waals surface area contributed by atoms with Gasteiger partial charge in [-0.2, -0.15) is 0 Å². The maximum atomic E-state index is 12.2. The number of hydrogen-bond donors (Lipinski definition) is 1. The highest BCUT2D eigenvalue weighted by Gasteiger charge is 2.48. The molecule has 4 fully saturated rings. The summed E-state index contributed by atoms with van der Waals surface area (Å²) >= 11 is 3.41. The molecule has 0 atom stereocenters. The first kappa shape index (κ1) is 14.6. The fraction of sp³-hybridized carbons (Fsp3) is 0.611. The Morgan fingerprint density at radius 1 is 1.14 bits per heavy atom. The first-order chi connectivity index (χ1) is 10.7. The van der Waals surface area contributed by atoms with Crippen LogP contribution in [0.3, 0.4) is 0 Å². The van der Waals surface area contributed by atoms with Gasteiger partial charge in [0.2, 0.25) is 0 Å². The highest BCUT2D eigenvalue weighted by molar-refractivity contribution is 9.10. The predicted octanol–water partition coefficient (Wildman–Crippen LogP) is 3.77. The Balaban J connectivity index is 1.32. The van der Waals surface area contributed by atoms with Gasteiger partial charge < -0.3 is 10.1 Å². The average molecular weight is 364 g/mol. The monoisotopic (exact) mass is 363 g/mol.